The Labute approximate surface area is 126 Å². The van der Waals surface area contributed by atoms with Gasteiger partial charge in [0.15, 0.2) is 0 Å². The minimum atomic E-state index is -0.284. The molecule has 0 amide bonds. The Morgan fingerprint density at radius 3 is 2.91 bits per heavy atom. The zero-order valence-electron chi connectivity index (χ0n) is 12.1. The van der Waals surface area contributed by atoms with Crippen LogP contribution in [0.4, 0.5) is 4.39 Å². The highest BCUT2D eigenvalue weighted by Gasteiger charge is 2.19. The first-order valence-corrected chi connectivity index (χ1v) is 7.56. The van der Waals surface area contributed by atoms with Crippen LogP contribution in [0.3, 0.4) is 0 Å². The maximum Gasteiger partial charge on any atom is 0.277 e. The van der Waals surface area contributed by atoms with E-state index in [4.69, 9.17) is 0 Å². The normalized spacial score (nSPS) is 14.2. The molecule has 22 heavy (non-hydrogen) atoms. The predicted molar refractivity (Wildman–Crippen MR) is 81.6 cm³/mol. The molecule has 0 bridgehead atoms. The molecule has 4 rings (SSSR count). The van der Waals surface area contributed by atoms with Gasteiger partial charge in [0.2, 0.25) is 0 Å². The van der Waals surface area contributed by atoms with Gasteiger partial charge in [0.1, 0.15) is 11.3 Å². The maximum absolute atomic E-state index is 13.3. The molecule has 0 aliphatic heterocycles. The minimum absolute atomic E-state index is 0.0533. The Bertz CT molecular complexity index is 910. The fourth-order valence-electron chi connectivity index (χ4n) is 3.21. The van der Waals surface area contributed by atoms with Crippen LogP contribution in [0.15, 0.2) is 41.5 Å². The summed E-state index contributed by atoms with van der Waals surface area (Å²) in [5.74, 6) is -0.284. The summed E-state index contributed by atoms with van der Waals surface area (Å²) in [6.07, 6.45) is 7.63. The van der Waals surface area contributed by atoms with E-state index < -0.39 is 0 Å². The third-order valence-corrected chi connectivity index (χ3v) is 4.28. The molecule has 1 aliphatic carbocycles. The number of benzene rings is 1. The Kier molecular flexibility index (Phi) is 3.06. The van der Waals surface area contributed by atoms with Crippen molar-refractivity contribution < 1.29 is 4.39 Å². The number of aryl methyl sites for hydroxylation is 2. The zero-order valence-corrected chi connectivity index (χ0v) is 12.1. The summed E-state index contributed by atoms with van der Waals surface area (Å²) in [6, 6.07) is 6.35. The maximum atomic E-state index is 13.3. The molecule has 0 saturated carbocycles. The molecule has 2 aromatic heterocycles. The number of fused-ring (bicyclic) bond motifs is 3. The molecule has 0 atom stereocenters. The van der Waals surface area contributed by atoms with Crippen LogP contribution in [-0.4, -0.2) is 14.2 Å². The fourth-order valence-corrected chi connectivity index (χ4v) is 3.21. The first kappa shape index (κ1) is 13.2. The Morgan fingerprint density at radius 2 is 2.05 bits per heavy atom. The van der Waals surface area contributed by atoms with Gasteiger partial charge in [-0.05, 0) is 43.4 Å². The van der Waals surface area contributed by atoms with Gasteiger partial charge >= 0.3 is 0 Å². The van der Waals surface area contributed by atoms with Gasteiger partial charge in [0.25, 0.3) is 5.56 Å². The molecular weight excluding hydrogens is 281 g/mol. The van der Waals surface area contributed by atoms with Gasteiger partial charge in [-0.15, -0.1) is 0 Å². The summed E-state index contributed by atoms with van der Waals surface area (Å²) >= 11 is 0. The molecular formula is C17H16FN3O. The molecule has 2 heterocycles. The van der Waals surface area contributed by atoms with Crippen molar-refractivity contribution in [1.29, 1.82) is 0 Å². The Hall–Kier alpha value is -2.43. The lowest BCUT2D eigenvalue weighted by Crippen LogP contribution is -2.22. The average molecular weight is 297 g/mol. The van der Waals surface area contributed by atoms with E-state index in [1.54, 1.807) is 21.3 Å². The topological polar surface area (TPSA) is 39.3 Å². The van der Waals surface area contributed by atoms with Crippen molar-refractivity contribution in [1.82, 2.24) is 14.2 Å². The number of halogens is 1. The summed E-state index contributed by atoms with van der Waals surface area (Å²) in [7, 11) is 0. The standard InChI is InChI=1S/C17H16FN3O/c18-13-5-3-4-12(10-13)11-20-8-9-21-16(17(20)22)14-6-1-2-7-15(14)19-21/h3-5,8-10H,1-2,6-7,11H2. The average Bonchev–Trinajstić information content (AvgIpc) is 2.89. The lowest BCUT2D eigenvalue weighted by atomic mass is 9.97. The van der Waals surface area contributed by atoms with Crippen LogP contribution in [-0.2, 0) is 19.4 Å². The third kappa shape index (κ3) is 2.13. The number of aromatic nitrogens is 3. The van der Waals surface area contributed by atoms with Crippen molar-refractivity contribution in [3.05, 3.63) is 69.7 Å². The molecule has 1 aliphatic rings. The number of hydrogen-bond acceptors (Lipinski definition) is 2. The van der Waals surface area contributed by atoms with Crippen LogP contribution >= 0.6 is 0 Å². The van der Waals surface area contributed by atoms with Crippen LogP contribution in [0.25, 0.3) is 5.52 Å². The molecule has 4 nitrogen and oxygen atoms in total. The molecule has 1 aromatic carbocycles. The van der Waals surface area contributed by atoms with Crippen LogP contribution in [0, 0.1) is 5.82 Å². The quantitative estimate of drug-likeness (QED) is 0.729. The van der Waals surface area contributed by atoms with Gasteiger partial charge in [-0.1, -0.05) is 12.1 Å². The van der Waals surface area contributed by atoms with Crippen molar-refractivity contribution in [2.45, 2.75) is 32.2 Å². The van der Waals surface area contributed by atoms with Crippen LogP contribution < -0.4 is 5.56 Å². The summed E-state index contributed by atoms with van der Waals surface area (Å²) < 4.78 is 16.6. The van der Waals surface area contributed by atoms with Gasteiger partial charge in [-0.2, -0.15) is 5.10 Å². The lowest BCUT2D eigenvalue weighted by molar-refractivity contribution is 0.622. The largest absolute Gasteiger partial charge is 0.308 e. The van der Waals surface area contributed by atoms with Crippen molar-refractivity contribution in [2.75, 3.05) is 0 Å². The van der Waals surface area contributed by atoms with Crippen molar-refractivity contribution >= 4 is 5.52 Å². The fraction of sp³-hybridized carbons (Fsp3) is 0.294. The number of hydrogen-bond donors (Lipinski definition) is 0. The molecule has 5 heteroatoms. The van der Waals surface area contributed by atoms with Gasteiger partial charge in [-0.25, -0.2) is 8.91 Å². The summed E-state index contributed by atoms with van der Waals surface area (Å²) in [6.45, 7) is 0.368. The monoisotopic (exact) mass is 297 g/mol. The molecule has 0 radical (unpaired) electrons. The molecule has 3 aromatic rings. The van der Waals surface area contributed by atoms with E-state index in [0.29, 0.717) is 12.1 Å². The van der Waals surface area contributed by atoms with Gasteiger partial charge in [-0.3, -0.25) is 4.79 Å². The van der Waals surface area contributed by atoms with Crippen LogP contribution in [0.1, 0.15) is 29.7 Å². The summed E-state index contributed by atoms with van der Waals surface area (Å²) in [4.78, 5) is 12.8. The van der Waals surface area contributed by atoms with Crippen LogP contribution in [0.2, 0.25) is 0 Å². The van der Waals surface area contributed by atoms with Crippen molar-refractivity contribution in [3.63, 3.8) is 0 Å². The van der Waals surface area contributed by atoms with E-state index >= 15 is 0 Å². The van der Waals surface area contributed by atoms with Gasteiger partial charge in [0, 0.05) is 18.0 Å². The number of rotatable bonds is 2. The summed E-state index contributed by atoms with van der Waals surface area (Å²) in [5, 5.41) is 4.52. The van der Waals surface area contributed by atoms with Crippen molar-refractivity contribution in [3.8, 4) is 0 Å². The van der Waals surface area contributed by atoms with Crippen molar-refractivity contribution in [2.24, 2.45) is 0 Å². The Morgan fingerprint density at radius 1 is 1.18 bits per heavy atom. The molecule has 0 saturated heterocycles. The Balaban J connectivity index is 1.82. The van der Waals surface area contributed by atoms with E-state index in [-0.39, 0.29) is 11.4 Å². The predicted octanol–water partition coefficient (Wildman–Crippen LogP) is 2.56. The first-order valence-electron chi connectivity index (χ1n) is 7.56. The molecule has 0 spiro atoms. The second-order valence-corrected chi connectivity index (χ2v) is 5.79. The van der Waals surface area contributed by atoms with E-state index in [0.717, 1.165) is 42.5 Å². The van der Waals surface area contributed by atoms with Crippen LogP contribution in [0.5, 0.6) is 0 Å². The second kappa shape index (κ2) is 5.09. The smallest absolute Gasteiger partial charge is 0.277 e. The highest BCUT2D eigenvalue weighted by molar-refractivity contribution is 5.55. The highest BCUT2D eigenvalue weighted by atomic mass is 19.1. The summed E-state index contributed by atoms with van der Waals surface area (Å²) in [5.41, 5.74) is 3.53. The van der Waals surface area contributed by atoms with E-state index in [1.807, 2.05) is 12.3 Å². The van der Waals surface area contributed by atoms with E-state index in [1.165, 1.54) is 12.1 Å². The van der Waals surface area contributed by atoms with E-state index in [9.17, 15) is 9.18 Å². The SMILES string of the molecule is O=c1c2c3c(nn2ccn1Cc1cccc(F)c1)CCCC3. The van der Waals surface area contributed by atoms with Gasteiger partial charge < -0.3 is 4.57 Å². The first-order chi connectivity index (χ1) is 10.7. The second-order valence-electron chi connectivity index (χ2n) is 5.79. The van der Waals surface area contributed by atoms with Gasteiger partial charge in [0.05, 0.1) is 12.2 Å². The third-order valence-electron chi connectivity index (χ3n) is 4.28. The minimum Gasteiger partial charge on any atom is -0.308 e. The van der Waals surface area contributed by atoms with E-state index in [2.05, 4.69) is 5.10 Å². The zero-order chi connectivity index (χ0) is 15.1. The molecule has 0 N–H and O–H groups in total. The number of nitrogens with zero attached hydrogens (tertiary/aromatic N) is 3. The molecule has 112 valence electrons. The highest BCUT2D eigenvalue weighted by Crippen LogP contribution is 2.22. The molecule has 0 unspecified atom stereocenters. The lowest BCUT2D eigenvalue weighted by Gasteiger charge is -2.09. The molecule has 0 fully saturated rings.